The highest BCUT2D eigenvalue weighted by atomic mass is 31.1. The summed E-state index contributed by atoms with van der Waals surface area (Å²) in [5, 5.41) is 1.68. The SMILES string of the molecule is C[C@@H]1CC[C@@H](C)P1c1[cH-]ccc1[C@H](C)N(C)C. The van der Waals surface area contributed by atoms with E-state index in [0.717, 1.165) is 11.3 Å². The van der Waals surface area contributed by atoms with Crippen LogP contribution in [-0.4, -0.2) is 30.3 Å². The first-order valence-corrected chi connectivity index (χ1v) is 8.20. The molecule has 1 nitrogen and oxygen atoms in total. The van der Waals surface area contributed by atoms with Gasteiger partial charge < -0.3 is 4.90 Å². The van der Waals surface area contributed by atoms with E-state index in [9.17, 15) is 0 Å². The van der Waals surface area contributed by atoms with Gasteiger partial charge in [0.15, 0.2) is 0 Å². The Kier molecular flexibility index (Phi) is 4.00. The fourth-order valence-electron chi connectivity index (χ4n) is 2.96. The molecule has 0 amide bonds. The predicted molar refractivity (Wildman–Crippen MR) is 78.8 cm³/mol. The van der Waals surface area contributed by atoms with Crippen molar-refractivity contribution in [3.8, 4) is 0 Å². The van der Waals surface area contributed by atoms with Crippen LogP contribution in [0.1, 0.15) is 45.2 Å². The Bertz CT molecular complexity index is 359. The lowest BCUT2D eigenvalue weighted by atomic mass is 10.1. The maximum atomic E-state index is 2.45. The Labute approximate surface area is 107 Å². The molecule has 1 aromatic rings. The fraction of sp³-hybridized carbons (Fsp3) is 0.667. The largest absolute Gasteiger partial charge is 0.315 e. The molecule has 0 radical (unpaired) electrons. The van der Waals surface area contributed by atoms with Gasteiger partial charge in [-0.05, 0) is 44.3 Å². The van der Waals surface area contributed by atoms with Crippen molar-refractivity contribution in [2.45, 2.75) is 51.0 Å². The molecular formula is C15H25NP-. The van der Waals surface area contributed by atoms with Gasteiger partial charge in [-0.1, -0.05) is 28.7 Å². The maximum absolute atomic E-state index is 2.45. The smallest absolute Gasteiger partial charge is 0.0142 e. The molecule has 1 saturated heterocycles. The van der Waals surface area contributed by atoms with Crippen molar-refractivity contribution in [3.05, 3.63) is 23.8 Å². The minimum Gasteiger partial charge on any atom is -0.315 e. The van der Waals surface area contributed by atoms with Gasteiger partial charge in [0.2, 0.25) is 0 Å². The Balaban J connectivity index is 2.30. The van der Waals surface area contributed by atoms with E-state index in [1.54, 1.807) is 10.9 Å². The van der Waals surface area contributed by atoms with E-state index in [0.29, 0.717) is 6.04 Å². The summed E-state index contributed by atoms with van der Waals surface area (Å²) in [4.78, 5) is 2.32. The van der Waals surface area contributed by atoms with E-state index in [1.807, 2.05) is 0 Å². The molecule has 96 valence electrons. The molecule has 1 aliphatic rings. The zero-order valence-corrected chi connectivity index (χ0v) is 12.7. The van der Waals surface area contributed by atoms with Crippen LogP contribution in [0.2, 0.25) is 0 Å². The van der Waals surface area contributed by atoms with E-state index in [1.165, 1.54) is 12.8 Å². The molecule has 0 aromatic heterocycles. The monoisotopic (exact) mass is 250 g/mol. The van der Waals surface area contributed by atoms with Gasteiger partial charge in [0.1, 0.15) is 0 Å². The van der Waals surface area contributed by atoms with Crippen LogP contribution in [0.5, 0.6) is 0 Å². The van der Waals surface area contributed by atoms with Gasteiger partial charge in [0.05, 0.1) is 0 Å². The zero-order chi connectivity index (χ0) is 12.6. The fourth-order valence-corrected chi connectivity index (χ4v) is 6.45. The summed E-state index contributed by atoms with van der Waals surface area (Å²) in [6, 6.07) is 7.52. The summed E-state index contributed by atoms with van der Waals surface area (Å²) in [6.45, 7) is 7.22. The Morgan fingerprint density at radius 3 is 2.41 bits per heavy atom. The van der Waals surface area contributed by atoms with Gasteiger partial charge >= 0.3 is 0 Å². The molecule has 0 unspecified atom stereocenters. The van der Waals surface area contributed by atoms with Gasteiger partial charge in [-0.15, -0.1) is 5.30 Å². The first-order valence-electron chi connectivity index (χ1n) is 6.72. The van der Waals surface area contributed by atoms with Crippen LogP contribution >= 0.6 is 7.92 Å². The van der Waals surface area contributed by atoms with Crippen molar-refractivity contribution >= 4 is 13.2 Å². The minimum atomic E-state index is 0.0697. The van der Waals surface area contributed by atoms with Crippen LogP contribution in [0.4, 0.5) is 0 Å². The maximum Gasteiger partial charge on any atom is -0.0142 e. The second kappa shape index (κ2) is 5.16. The Morgan fingerprint density at radius 2 is 1.88 bits per heavy atom. The number of nitrogens with zero attached hydrogens (tertiary/aromatic N) is 1. The molecule has 1 fully saturated rings. The standard InChI is InChI=1S/C15H25NP/c1-11-9-10-12(2)17(11)15-8-6-7-14(15)13(3)16(4)5/h6-8,11-13H,9-10H2,1-5H3/q-1/t11-,12-,13+/m1/s1. The van der Waals surface area contributed by atoms with Crippen molar-refractivity contribution in [3.63, 3.8) is 0 Å². The van der Waals surface area contributed by atoms with E-state index in [2.05, 4.69) is 58.0 Å². The van der Waals surface area contributed by atoms with Crippen LogP contribution in [0.25, 0.3) is 0 Å². The first kappa shape index (κ1) is 13.2. The third-order valence-corrected chi connectivity index (χ3v) is 7.66. The summed E-state index contributed by atoms with van der Waals surface area (Å²) in [7, 11) is 4.42. The average Bonchev–Trinajstić information content (AvgIpc) is 2.84. The van der Waals surface area contributed by atoms with Gasteiger partial charge in [-0.25, -0.2) is 6.07 Å². The lowest BCUT2D eigenvalue weighted by Crippen LogP contribution is -2.22. The molecule has 1 heterocycles. The summed E-state index contributed by atoms with van der Waals surface area (Å²) >= 11 is 0. The average molecular weight is 250 g/mol. The zero-order valence-electron chi connectivity index (χ0n) is 11.8. The van der Waals surface area contributed by atoms with Crippen molar-refractivity contribution in [1.29, 1.82) is 0 Å². The van der Waals surface area contributed by atoms with Crippen molar-refractivity contribution in [2.24, 2.45) is 0 Å². The quantitative estimate of drug-likeness (QED) is 0.584. The first-order chi connectivity index (χ1) is 8.02. The van der Waals surface area contributed by atoms with E-state index in [-0.39, 0.29) is 7.92 Å². The lowest BCUT2D eigenvalue weighted by Gasteiger charge is -2.32. The number of hydrogen-bond donors (Lipinski definition) is 0. The van der Waals surface area contributed by atoms with Crippen LogP contribution in [-0.2, 0) is 0 Å². The molecule has 0 spiro atoms. The second-order valence-corrected chi connectivity index (χ2v) is 8.75. The molecule has 1 aliphatic heterocycles. The van der Waals surface area contributed by atoms with Crippen molar-refractivity contribution < 1.29 is 0 Å². The normalized spacial score (nSPS) is 27.9. The highest BCUT2D eigenvalue weighted by Gasteiger charge is 2.30. The molecule has 3 atom stereocenters. The van der Waals surface area contributed by atoms with E-state index in [4.69, 9.17) is 0 Å². The number of hydrogen-bond acceptors (Lipinski definition) is 1. The van der Waals surface area contributed by atoms with Crippen LogP contribution in [0.3, 0.4) is 0 Å². The van der Waals surface area contributed by atoms with Gasteiger partial charge in [0.25, 0.3) is 0 Å². The van der Waals surface area contributed by atoms with Gasteiger partial charge in [-0.3, -0.25) is 0 Å². The van der Waals surface area contributed by atoms with E-state index < -0.39 is 0 Å². The lowest BCUT2D eigenvalue weighted by molar-refractivity contribution is 0.323. The molecule has 2 rings (SSSR count). The van der Waals surface area contributed by atoms with Crippen molar-refractivity contribution in [2.75, 3.05) is 14.1 Å². The minimum absolute atomic E-state index is 0.0697. The second-order valence-electron chi connectivity index (χ2n) is 5.69. The summed E-state index contributed by atoms with van der Waals surface area (Å²) in [6.07, 6.45) is 2.85. The molecule has 0 aliphatic carbocycles. The summed E-state index contributed by atoms with van der Waals surface area (Å²) in [5.41, 5.74) is 3.40. The van der Waals surface area contributed by atoms with Gasteiger partial charge in [-0.2, -0.15) is 17.7 Å². The van der Waals surface area contributed by atoms with Crippen LogP contribution < -0.4 is 5.30 Å². The molecule has 0 N–H and O–H groups in total. The molecule has 0 bridgehead atoms. The third kappa shape index (κ3) is 2.46. The molecular weight excluding hydrogens is 225 g/mol. The molecule has 1 aromatic carbocycles. The third-order valence-electron chi connectivity index (χ3n) is 4.28. The summed E-state index contributed by atoms with van der Waals surface area (Å²) < 4.78 is 0. The molecule has 0 saturated carbocycles. The van der Waals surface area contributed by atoms with E-state index >= 15 is 0 Å². The highest BCUT2D eigenvalue weighted by Crippen LogP contribution is 2.55. The van der Waals surface area contributed by atoms with Crippen LogP contribution in [0, 0.1) is 0 Å². The summed E-state index contributed by atoms with van der Waals surface area (Å²) in [5.74, 6) is 0. The topological polar surface area (TPSA) is 3.24 Å². The Morgan fingerprint density at radius 1 is 1.29 bits per heavy atom. The molecule has 2 heteroatoms. The van der Waals surface area contributed by atoms with Gasteiger partial charge in [0, 0.05) is 0 Å². The number of rotatable bonds is 3. The molecule has 17 heavy (non-hydrogen) atoms. The van der Waals surface area contributed by atoms with Crippen molar-refractivity contribution in [1.82, 2.24) is 4.90 Å². The van der Waals surface area contributed by atoms with Crippen LogP contribution in [0.15, 0.2) is 18.2 Å². The highest BCUT2D eigenvalue weighted by molar-refractivity contribution is 7.67. The Hall–Kier alpha value is -0.260. The predicted octanol–water partition coefficient (Wildman–Crippen LogP) is 3.71.